The Morgan fingerprint density at radius 3 is 2.86 bits per heavy atom. The summed E-state index contributed by atoms with van der Waals surface area (Å²) in [5.41, 5.74) is 6.25. The second kappa shape index (κ2) is 2.99. The molecule has 0 saturated heterocycles. The van der Waals surface area contributed by atoms with Crippen molar-refractivity contribution in [2.75, 3.05) is 5.73 Å². The van der Waals surface area contributed by atoms with Gasteiger partial charge in [-0.25, -0.2) is 9.78 Å². The third-order valence-corrected chi connectivity index (χ3v) is 1.99. The molecule has 0 radical (unpaired) electrons. The number of aromatic nitrogens is 1. The molecule has 2 rings (SSSR count). The van der Waals surface area contributed by atoms with Crippen molar-refractivity contribution in [3.05, 3.63) is 36.2 Å². The number of fused-ring (bicyclic) bond motifs is 1. The first-order valence-corrected chi connectivity index (χ1v) is 4.06. The van der Waals surface area contributed by atoms with Crippen molar-refractivity contribution in [1.29, 1.82) is 0 Å². The summed E-state index contributed by atoms with van der Waals surface area (Å²) in [4.78, 5) is 14.6. The van der Waals surface area contributed by atoms with Crippen LogP contribution in [0, 0.1) is 0 Å². The summed E-state index contributed by atoms with van der Waals surface area (Å²) >= 11 is 0. The molecule has 2 aromatic rings. The molecule has 0 aliphatic rings. The number of pyridine rings is 1. The van der Waals surface area contributed by atoms with Crippen LogP contribution in [0.5, 0.6) is 0 Å². The van der Waals surface area contributed by atoms with Crippen LogP contribution in [0.4, 0.5) is 5.69 Å². The van der Waals surface area contributed by atoms with Crippen molar-refractivity contribution in [2.24, 2.45) is 0 Å². The molecule has 1 aromatic carbocycles. The number of nitrogen functional groups attached to an aromatic ring is 1. The Morgan fingerprint density at radius 2 is 2.14 bits per heavy atom. The second-order valence-electron chi connectivity index (χ2n) is 2.95. The number of aromatic carboxylic acids is 1. The Balaban J connectivity index is 2.81. The smallest absolute Gasteiger partial charge is 0.355 e. The van der Waals surface area contributed by atoms with Crippen molar-refractivity contribution in [2.45, 2.75) is 0 Å². The van der Waals surface area contributed by atoms with E-state index in [-0.39, 0.29) is 5.69 Å². The van der Waals surface area contributed by atoms with Gasteiger partial charge in [0.2, 0.25) is 0 Å². The van der Waals surface area contributed by atoms with Crippen LogP contribution in [-0.2, 0) is 0 Å². The van der Waals surface area contributed by atoms with E-state index in [0.717, 1.165) is 5.39 Å². The third kappa shape index (κ3) is 1.26. The molecule has 14 heavy (non-hydrogen) atoms. The van der Waals surface area contributed by atoms with E-state index in [1.807, 2.05) is 0 Å². The minimum absolute atomic E-state index is 0.0579. The second-order valence-corrected chi connectivity index (χ2v) is 2.95. The highest BCUT2D eigenvalue weighted by Crippen LogP contribution is 2.19. The quantitative estimate of drug-likeness (QED) is 0.665. The molecule has 0 aliphatic carbocycles. The van der Waals surface area contributed by atoms with Crippen LogP contribution in [0.25, 0.3) is 10.8 Å². The van der Waals surface area contributed by atoms with Crippen molar-refractivity contribution < 1.29 is 9.90 Å². The minimum atomic E-state index is -1.03. The van der Waals surface area contributed by atoms with E-state index in [1.54, 1.807) is 24.3 Å². The first-order chi connectivity index (χ1) is 6.68. The SMILES string of the molecule is Nc1ccc2c(C(=O)O)nccc2c1. The van der Waals surface area contributed by atoms with Gasteiger partial charge in [0.05, 0.1) is 0 Å². The molecule has 4 nitrogen and oxygen atoms in total. The summed E-state index contributed by atoms with van der Waals surface area (Å²) in [6.45, 7) is 0. The third-order valence-electron chi connectivity index (χ3n) is 1.99. The topological polar surface area (TPSA) is 76.2 Å². The Hall–Kier alpha value is -2.10. The van der Waals surface area contributed by atoms with Gasteiger partial charge in [-0.1, -0.05) is 0 Å². The first-order valence-electron chi connectivity index (χ1n) is 4.06. The molecular weight excluding hydrogens is 180 g/mol. The standard InChI is InChI=1S/C10H8N2O2/c11-7-1-2-8-6(5-7)3-4-12-9(8)10(13)14/h1-5H,11H2,(H,13,14). The van der Waals surface area contributed by atoms with Crippen molar-refractivity contribution >= 4 is 22.4 Å². The molecule has 1 heterocycles. The number of carbonyl (C=O) groups is 1. The van der Waals surface area contributed by atoms with E-state index in [9.17, 15) is 4.79 Å². The summed E-state index contributed by atoms with van der Waals surface area (Å²) < 4.78 is 0. The maximum Gasteiger partial charge on any atom is 0.355 e. The molecule has 0 saturated carbocycles. The van der Waals surface area contributed by atoms with Gasteiger partial charge in [0, 0.05) is 17.3 Å². The minimum Gasteiger partial charge on any atom is -0.476 e. The van der Waals surface area contributed by atoms with Gasteiger partial charge in [0.15, 0.2) is 5.69 Å². The molecule has 4 heteroatoms. The molecule has 1 aromatic heterocycles. The van der Waals surface area contributed by atoms with E-state index in [2.05, 4.69) is 4.98 Å². The number of nitrogens with two attached hydrogens (primary N) is 1. The normalized spacial score (nSPS) is 10.3. The Bertz CT molecular complexity index is 508. The first kappa shape index (κ1) is 8.50. The van der Waals surface area contributed by atoms with Crippen LogP contribution in [0.1, 0.15) is 10.5 Å². The van der Waals surface area contributed by atoms with Crippen LogP contribution in [-0.4, -0.2) is 16.1 Å². The highest BCUT2D eigenvalue weighted by molar-refractivity contribution is 6.02. The number of rotatable bonds is 1. The van der Waals surface area contributed by atoms with Crippen molar-refractivity contribution in [1.82, 2.24) is 4.98 Å². The number of carboxylic acid groups (broad SMARTS) is 1. The van der Waals surface area contributed by atoms with Crippen molar-refractivity contribution in [3.63, 3.8) is 0 Å². The maximum atomic E-state index is 10.8. The van der Waals surface area contributed by atoms with Crippen LogP contribution >= 0.6 is 0 Å². The van der Waals surface area contributed by atoms with Crippen LogP contribution in [0.2, 0.25) is 0 Å². The Morgan fingerprint density at radius 1 is 1.36 bits per heavy atom. The van der Waals surface area contributed by atoms with Crippen LogP contribution in [0.3, 0.4) is 0 Å². The van der Waals surface area contributed by atoms with Gasteiger partial charge in [-0.05, 0) is 29.7 Å². The molecule has 0 fully saturated rings. The Labute approximate surface area is 80.0 Å². The van der Waals surface area contributed by atoms with Gasteiger partial charge in [0.25, 0.3) is 0 Å². The predicted molar refractivity (Wildman–Crippen MR) is 53.1 cm³/mol. The lowest BCUT2D eigenvalue weighted by Crippen LogP contribution is -2.00. The summed E-state index contributed by atoms with van der Waals surface area (Å²) in [6.07, 6.45) is 1.46. The monoisotopic (exact) mass is 188 g/mol. The zero-order valence-corrected chi connectivity index (χ0v) is 7.27. The summed E-state index contributed by atoms with van der Waals surface area (Å²) in [5, 5.41) is 10.3. The molecule has 0 unspecified atom stereocenters. The number of hydrogen-bond donors (Lipinski definition) is 2. The lowest BCUT2D eigenvalue weighted by atomic mass is 10.1. The summed E-state index contributed by atoms with van der Waals surface area (Å²) in [5.74, 6) is -1.03. The van der Waals surface area contributed by atoms with Crippen LogP contribution < -0.4 is 5.73 Å². The zero-order chi connectivity index (χ0) is 10.1. The average Bonchev–Trinajstić information content (AvgIpc) is 2.16. The lowest BCUT2D eigenvalue weighted by molar-refractivity contribution is 0.0693. The average molecular weight is 188 g/mol. The highest BCUT2D eigenvalue weighted by Gasteiger charge is 2.08. The van der Waals surface area contributed by atoms with Gasteiger partial charge in [-0.3, -0.25) is 0 Å². The largest absolute Gasteiger partial charge is 0.476 e. The van der Waals surface area contributed by atoms with E-state index in [0.29, 0.717) is 11.1 Å². The summed E-state index contributed by atoms with van der Waals surface area (Å²) in [6, 6.07) is 6.79. The molecule has 3 N–H and O–H groups in total. The van der Waals surface area contributed by atoms with Gasteiger partial charge in [-0.15, -0.1) is 0 Å². The van der Waals surface area contributed by atoms with E-state index >= 15 is 0 Å². The molecule has 0 bridgehead atoms. The number of nitrogens with zero attached hydrogens (tertiary/aromatic N) is 1. The van der Waals surface area contributed by atoms with Gasteiger partial charge in [-0.2, -0.15) is 0 Å². The molecular formula is C10H8N2O2. The molecule has 0 amide bonds. The maximum absolute atomic E-state index is 10.8. The number of carboxylic acids is 1. The number of benzene rings is 1. The highest BCUT2D eigenvalue weighted by atomic mass is 16.4. The fourth-order valence-electron chi connectivity index (χ4n) is 1.37. The fourth-order valence-corrected chi connectivity index (χ4v) is 1.37. The van der Waals surface area contributed by atoms with Crippen molar-refractivity contribution in [3.8, 4) is 0 Å². The van der Waals surface area contributed by atoms with Crippen LogP contribution in [0.15, 0.2) is 30.5 Å². The summed E-state index contributed by atoms with van der Waals surface area (Å²) in [7, 11) is 0. The molecule has 0 atom stereocenters. The molecule has 0 aliphatic heterocycles. The Kier molecular flexibility index (Phi) is 1.81. The van der Waals surface area contributed by atoms with Gasteiger partial charge in [0.1, 0.15) is 0 Å². The van der Waals surface area contributed by atoms with Gasteiger partial charge < -0.3 is 10.8 Å². The lowest BCUT2D eigenvalue weighted by Gasteiger charge is -2.01. The van der Waals surface area contributed by atoms with E-state index < -0.39 is 5.97 Å². The predicted octanol–water partition coefficient (Wildman–Crippen LogP) is 1.52. The molecule has 0 spiro atoms. The molecule has 70 valence electrons. The van der Waals surface area contributed by atoms with Gasteiger partial charge >= 0.3 is 5.97 Å². The number of anilines is 1. The number of hydrogen-bond acceptors (Lipinski definition) is 3. The van der Waals surface area contributed by atoms with E-state index in [4.69, 9.17) is 10.8 Å². The van der Waals surface area contributed by atoms with E-state index in [1.165, 1.54) is 6.20 Å². The zero-order valence-electron chi connectivity index (χ0n) is 7.27. The fraction of sp³-hybridized carbons (Fsp3) is 0.